The van der Waals surface area contributed by atoms with E-state index in [-0.39, 0.29) is 24.0 Å². The zero-order chi connectivity index (χ0) is 17.8. The van der Waals surface area contributed by atoms with Crippen LogP contribution in [0.15, 0.2) is 23.2 Å². The van der Waals surface area contributed by atoms with Crippen LogP contribution in [0.1, 0.15) is 26.7 Å². The number of nitrogens with zero attached hydrogens (tertiary/aromatic N) is 2. The molecule has 0 spiro atoms. The van der Waals surface area contributed by atoms with E-state index >= 15 is 0 Å². The molecule has 144 valence electrons. The normalized spacial score (nSPS) is 11.0. The Labute approximate surface area is 169 Å². The number of likely N-dealkylation sites (N-methyl/N-ethyl adjacent to an activating group) is 1. The predicted molar refractivity (Wildman–Crippen MR) is 117 cm³/mol. The summed E-state index contributed by atoms with van der Waals surface area (Å²) in [5.41, 5.74) is 0.909. The SMILES string of the molecule is CCCCN(C)CCNC(=NC)Nc1ccc(OC)c(OCC)c1.I. The number of unbranched alkanes of at least 4 members (excludes halogenated alkanes) is 1. The molecule has 0 aliphatic heterocycles. The lowest BCUT2D eigenvalue weighted by molar-refractivity contribution is 0.311. The Morgan fingerprint density at radius 2 is 1.96 bits per heavy atom. The third-order valence-electron chi connectivity index (χ3n) is 3.63. The van der Waals surface area contributed by atoms with Crippen LogP contribution >= 0.6 is 24.0 Å². The molecule has 0 radical (unpaired) electrons. The first-order chi connectivity index (χ1) is 11.6. The fourth-order valence-electron chi connectivity index (χ4n) is 2.24. The predicted octanol–water partition coefficient (Wildman–Crippen LogP) is 3.43. The molecule has 0 bridgehead atoms. The molecule has 7 heteroatoms. The molecule has 0 atom stereocenters. The maximum Gasteiger partial charge on any atom is 0.195 e. The Kier molecular flexibility index (Phi) is 13.3. The van der Waals surface area contributed by atoms with Crippen molar-refractivity contribution in [1.29, 1.82) is 0 Å². The van der Waals surface area contributed by atoms with Gasteiger partial charge < -0.3 is 25.0 Å². The van der Waals surface area contributed by atoms with Crippen molar-refractivity contribution in [2.24, 2.45) is 4.99 Å². The number of anilines is 1. The Morgan fingerprint density at radius 3 is 2.56 bits per heavy atom. The zero-order valence-electron chi connectivity index (χ0n) is 16.1. The summed E-state index contributed by atoms with van der Waals surface area (Å²) in [6.07, 6.45) is 2.45. The molecule has 0 unspecified atom stereocenters. The summed E-state index contributed by atoms with van der Waals surface area (Å²) >= 11 is 0. The monoisotopic (exact) mass is 464 g/mol. The number of halogens is 1. The number of rotatable bonds is 10. The Morgan fingerprint density at radius 1 is 1.20 bits per heavy atom. The molecule has 0 saturated carbocycles. The van der Waals surface area contributed by atoms with Crippen molar-refractivity contribution < 1.29 is 9.47 Å². The minimum Gasteiger partial charge on any atom is -0.493 e. The summed E-state index contributed by atoms with van der Waals surface area (Å²) in [7, 11) is 5.55. The number of guanidine groups is 1. The van der Waals surface area contributed by atoms with E-state index in [1.54, 1.807) is 14.2 Å². The van der Waals surface area contributed by atoms with Crippen molar-refractivity contribution in [3.8, 4) is 11.5 Å². The van der Waals surface area contributed by atoms with E-state index in [2.05, 4.69) is 34.5 Å². The molecule has 0 aromatic heterocycles. The number of ether oxygens (including phenoxy) is 2. The number of nitrogens with one attached hydrogen (secondary N) is 2. The van der Waals surface area contributed by atoms with Crippen LogP contribution in [0, 0.1) is 0 Å². The summed E-state index contributed by atoms with van der Waals surface area (Å²) in [4.78, 5) is 6.59. The summed E-state index contributed by atoms with van der Waals surface area (Å²) in [5, 5.41) is 6.61. The molecule has 0 amide bonds. The third kappa shape index (κ3) is 9.15. The smallest absolute Gasteiger partial charge is 0.195 e. The Hall–Kier alpha value is -1.22. The Bertz CT molecular complexity index is 512. The van der Waals surface area contributed by atoms with Crippen molar-refractivity contribution in [2.45, 2.75) is 26.7 Å². The summed E-state index contributed by atoms with van der Waals surface area (Å²) < 4.78 is 10.9. The zero-order valence-corrected chi connectivity index (χ0v) is 18.4. The van der Waals surface area contributed by atoms with Gasteiger partial charge in [-0.15, -0.1) is 24.0 Å². The summed E-state index contributed by atoms with van der Waals surface area (Å²) in [5.74, 6) is 2.19. The van der Waals surface area contributed by atoms with Crippen molar-refractivity contribution >= 4 is 35.6 Å². The summed E-state index contributed by atoms with van der Waals surface area (Å²) in [6.45, 7) is 7.71. The summed E-state index contributed by atoms with van der Waals surface area (Å²) in [6, 6.07) is 5.75. The lowest BCUT2D eigenvalue weighted by Crippen LogP contribution is -2.37. The van der Waals surface area contributed by atoms with Gasteiger partial charge in [0.15, 0.2) is 17.5 Å². The van der Waals surface area contributed by atoms with Crippen LogP contribution in [-0.2, 0) is 0 Å². The van der Waals surface area contributed by atoms with Crippen LogP contribution in [0.3, 0.4) is 0 Å². The van der Waals surface area contributed by atoms with E-state index in [0.717, 1.165) is 42.8 Å². The van der Waals surface area contributed by atoms with Crippen LogP contribution < -0.4 is 20.1 Å². The first kappa shape index (κ1) is 23.8. The molecular weight excluding hydrogens is 431 g/mol. The van der Waals surface area contributed by atoms with Gasteiger partial charge in [0.25, 0.3) is 0 Å². The van der Waals surface area contributed by atoms with Crippen LogP contribution in [0.4, 0.5) is 5.69 Å². The van der Waals surface area contributed by atoms with Gasteiger partial charge in [-0.25, -0.2) is 0 Å². The van der Waals surface area contributed by atoms with Crippen LogP contribution in [0.5, 0.6) is 11.5 Å². The largest absolute Gasteiger partial charge is 0.493 e. The fraction of sp³-hybridized carbons (Fsp3) is 0.611. The van der Waals surface area contributed by atoms with E-state index < -0.39 is 0 Å². The van der Waals surface area contributed by atoms with Gasteiger partial charge >= 0.3 is 0 Å². The van der Waals surface area contributed by atoms with Crippen molar-refractivity contribution in [3.63, 3.8) is 0 Å². The quantitative estimate of drug-likeness (QED) is 0.316. The third-order valence-corrected chi connectivity index (χ3v) is 3.63. The second kappa shape index (κ2) is 14.0. The highest BCUT2D eigenvalue weighted by atomic mass is 127. The molecule has 1 aromatic rings. The average molecular weight is 464 g/mol. The molecular formula is C18H33IN4O2. The van der Waals surface area contributed by atoms with Gasteiger partial charge in [-0.1, -0.05) is 13.3 Å². The highest BCUT2D eigenvalue weighted by Gasteiger charge is 2.07. The van der Waals surface area contributed by atoms with Gasteiger partial charge in [0.2, 0.25) is 0 Å². The maximum atomic E-state index is 5.60. The van der Waals surface area contributed by atoms with E-state index in [1.807, 2.05) is 25.1 Å². The minimum atomic E-state index is 0. The first-order valence-electron chi connectivity index (χ1n) is 8.61. The number of aliphatic imine (C=N–C) groups is 1. The molecule has 0 fully saturated rings. The number of hydrogen-bond acceptors (Lipinski definition) is 4. The molecule has 0 aliphatic carbocycles. The maximum absolute atomic E-state index is 5.60. The second-order valence-electron chi connectivity index (χ2n) is 5.58. The lowest BCUT2D eigenvalue weighted by Gasteiger charge is -2.18. The average Bonchev–Trinajstić information content (AvgIpc) is 2.59. The number of benzene rings is 1. The Balaban J connectivity index is 0.00000576. The molecule has 6 nitrogen and oxygen atoms in total. The van der Waals surface area contributed by atoms with Gasteiger partial charge in [0, 0.05) is 31.9 Å². The fourth-order valence-corrected chi connectivity index (χ4v) is 2.24. The van der Waals surface area contributed by atoms with Crippen molar-refractivity contribution in [3.05, 3.63) is 18.2 Å². The highest BCUT2D eigenvalue weighted by Crippen LogP contribution is 2.30. The second-order valence-corrected chi connectivity index (χ2v) is 5.58. The van der Waals surface area contributed by atoms with Crippen LogP contribution in [-0.4, -0.2) is 58.3 Å². The van der Waals surface area contributed by atoms with Gasteiger partial charge in [-0.05, 0) is 39.1 Å². The van der Waals surface area contributed by atoms with E-state index in [9.17, 15) is 0 Å². The standard InChI is InChI=1S/C18H32N4O2.HI/c1-6-8-12-22(4)13-11-20-18(19-3)21-15-9-10-16(23-5)17(14-15)24-7-2;/h9-10,14H,6-8,11-13H2,1-5H3,(H2,19,20,21);1H. The van der Waals surface area contributed by atoms with Gasteiger partial charge in [0.1, 0.15) is 0 Å². The van der Waals surface area contributed by atoms with Gasteiger partial charge in [-0.2, -0.15) is 0 Å². The lowest BCUT2D eigenvalue weighted by atomic mass is 10.2. The van der Waals surface area contributed by atoms with Gasteiger partial charge in [0.05, 0.1) is 13.7 Å². The van der Waals surface area contributed by atoms with E-state index in [0.29, 0.717) is 6.61 Å². The molecule has 2 N–H and O–H groups in total. The van der Waals surface area contributed by atoms with Gasteiger partial charge in [-0.3, -0.25) is 4.99 Å². The van der Waals surface area contributed by atoms with E-state index in [1.165, 1.54) is 12.8 Å². The van der Waals surface area contributed by atoms with Crippen molar-refractivity contribution in [2.75, 3.05) is 52.8 Å². The highest BCUT2D eigenvalue weighted by molar-refractivity contribution is 14.0. The molecule has 25 heavy (non-hydrogen) atoms. The molecule has 0 saturated heterocycles. The van der Waals surface area contributed by atoms with Crippen molar-refractivity contribution in [1.82, 2.24) is 10.2 Å². The topological polar surface area (TPSA) is 58.1 Å². The first-order valence-corrected chi connectivity index (χ1v) is 8.61. The van der Waals surface area contributed by atoms with E-state index in [4.69, 9.17) is 9.47 Å². The molecule has 0 heterocycles. The molecule has 1 aromatic carbocycles. The van der Waals surface area contributed by atoms with Crippen LogP contribution in [0.25, 0.3) is 0 Å². The molecule has 1 rings (SSSR count). The molecule has 0 aliphatic rings. The number of methoxy groups -OCH3 is 1. The van der Waals surface area contributed by atoms with Crippen LogP contribution in [0.2, 0.25) is 0 Å². The number of hydrogen-bond donors (Lipinski definition) is 2. The minimum absolute atomic E-state index is 0.